The van der Waals surface area contributed by atoms with Crippen molar-refractivity contribution in [2.45, 2.75) is 25.0 Å². The molecule has 2 atom stereocenters. The summed E-state index contributed by atoms with van der Waals surface area (Å²) in [5.41, 5.74) is 6.99. The molecule has 0 aliphatic heterocycles. The van der Waals surface area contributed by atoms with Gasteiger partial charge in [0.1, 0.15) is 18.2 Å². The first-order chi connectivity index (χ1) is 10.4. The maximum atomic E-state index is 10.8. The summed E-state index contributed by atoms with van der Waals surface area (Å²) in [7, 11) is -4.14. The van der Waals surface area contributed by atoms with E-state index >= 15 is 0 Å². The van der Waals surface area contributed by atoms with Crippen LogP contribution in [0.25, 0.3) is 11.2 Å². The largest absolute Gasteiger partial charge is 0.382 e. The summed E-state index contributed by atoms with van der Waals surface area (Å²) < 4.78 is 17.9. The van der Waals surface area contributed by atoms with E-state index in [9.17, 15) is 4.57 Å². The zero-order valence-corrected chi connectivity index (χ0v) is 12.5. The Balaban J connectivity index is 1.74. The van der Waals surface area contributed by atoms with Crippen LogP contribution < -0.4 is 5.73 Å². The number of nitrogens with zero attached hydrogens (tertiary/aromatic N) is 4. The Bertz CT molecular complexity index is 755. The van der Waals surface area contributed by atoms with Gasteiger partial charge >= 0.3 is 7.60 Å². The summed E-state index contributed by atoms with van der Waals surface area (Å²) in [6.45, 7) is 0. The highest BCUT2D eigenvalue weighted by Crippen LogP contribution is 2.36. The van der Waals surface area contributed by atoms with Gasteiger partial charge in [-0.1, -0.05) is 12.2 Å². The molecular formula is C12H16N5O4P. The van der Waals surface area contributed by atoms with Crippen LogP contribution in [0.2, 0.25) is 0 Å². The van der Waals surface area contributed by atoms with E-state index in [-0.39, 0.29) is 12.1 Å². The molecule has 10 heteroatoms. The standard InChI is InChI=1S/C12H16N5O4P/c13-11-10-12(15-5-14-11)17(6-16-10)8-1-3-9(4-2-8)21-7-22(18,19)20/h1,3,5-6,8-9H,2,4,7H2,(H2,13,14,15)(H2,18,19,20)/t8-,9+/m0/s1. The average Bonchev–Trinajstić information content (AvgIpc) is 2.90. The van der Waals surface area contributed by atoms with Crippen molar-refractivity contribution in [2.24, 2.45) is 0 Å². The number of hydrogen-bond donors (Lipinski definition) is 3. The highest BCUT2D eigenvalue weighted by atomic mass is 31.2. The smallest absolute Gasteiger partial charge is 0.351 e. The van der Waals surface area contributed by atoms with E-state index in [4.69, 9.17) is 20.3 Å². The third kappa shape index (κ3) is 3.17. The molecule has 0 saturated heterocycles. The fraction of sp³-hybridized carbons (Fsp3) is 0.417. The highest BCUT2D eigenvalue weighted by molar-refractivity contribution is 7.51. The molecule has 22 heavy (non-hydrogen) atoms. The number of hydrogen-bond acceptors (Lipinski definition) is 6. The van der Waals surface area contributed by atoms with Crippen LogP contribution in [-0.2, 0) is 9.30 Å². The lowest BCUT2D eigenvalue weighted by Gasteiger charge is -2.24. The van der Waals surface area contributed by atoms with Gasteiger partial charge < -0.3 is 24.8 Å². The van der Waals surface area contributed by atoms with E-state index in [1.807, 2.05) is 10.6 Å². The van der Waals surface area contributed by atoms with Crippen LogP contribution in [-0.4, -0.2) is 41.8 Å². The van der Waals surface area contributed by atoms with E-state index < -0.39 is 13.9 Å². The van der Waals surface area contributed by atoms with E-state index in [2.05, 4.69) is 15.0 Å². The molecule has 0 bridgehead atoms. The zero-order chi connectivity index (χ0) is 15.7. The second-order valence-electron chi connectivity index (χ2n) is 5.11. The van der Waals surface area contributed by atoms with Crippen LogP contribution in [0.5, 0.6) is 0 Å². The van der Waals surface area contributed by atoms with Crippen molar-refractivity contribution in [3.63, 3.8) is 0 Å². The predicted molar refractivity (Wildman–Crippen MR) is 78.9 cm³/mol. The molecule has 1 aliphatic carbocycles. The third-order valence-corrected chi connectivity index (χ3v) is 3.98. The van der Waals surface area contributed by atoms with Crippen LogP contribution >= 0.6 is 7.60 Å². The first-order valence-electron chi connectivity index (χ1n) is 6.71. The molecular weight excluding hydrogens is 309 g/mol. The van der Waals surface area contributed by atoms with Gasteiger partial charge in [-0.25, -0.2) is 15.0 Å². The Morgan fingerprint density at radius 1 is 1.32 bits per heavy atom. The first-order valence-corrected chi connectivity index (χ1v) is 8.51. The molecule has 0 aromatic carbocycles. The Labute approximate surface area is 126 Å². The number of allylic oxidation sites excluding steroid dienone is 1. The second-order valence-corrected chi connectivity index (χ2v) is 6.70. The van der Waals surface area contributed by atoms with Gasteiger partial charge in [0.15, 0.2) is 11.5 Å². The lowest BCUT2D eigenvalue weighted by molar-refractivity contribution is 0.0937. The van der Waals surface area contributed by atoms with Gasteiger partial charge in [0, 0.05) is 0 Å². The van der Waals surface area contributed by atoms with Crippen LogP contribution in [0.3, 0.4) is 0 Å². The first kappa shape index (κ1) is 15.1. The molecule has 2 aromatic heterocycles. The Hall–Kier alpha value is -1.80. The van der Waals surface area contributed by atoms with Crippen molar-refractivity contribution in [1.29, 1.82) is 0 Å². The molecule has 0 radical (unpaired) electrons. The number of anilines is 1. The quantitative estimate of drug-likeness (QED) is 0.555. The minimum atomic E-state index is -4.14. The monoisotopic (exact) mass is 325 g/mol. The van der Waals surface area contributed by atoms with Crippen LogP contribution in [0.1, 0.15) is 18.9 Å². The molecule has 3 rings (SSSR count). The minimum absolute atomic E-state index is 0.0502. The zero-order valence-electron chi connectivity index (χ0n) is 11.6. The summed E-state index contributed by atoms with van der Waals surface area (Å²) in [6, 6.07) is 0.0502. The van der Waals surface area contributed by atoms with Gasteiger partial charge in [-0.15, -0.1) is 0 Å². The van der Waals surface area contributed by atoms with Crippen molar-refractivity contribution in [1.82, 2.24) is 19.5 Å². The minimum Gasteiger partial charge on any atom is -0.382 e. The molecule has 0 unspecified atom stereocenters. The number of nitrogen functional groups attached to an aromatic ring is 1. The number of ether oxygens (including phenoxy) is 1. The SMILES string of the molecule is Nc1ncnc2c1ncn2[C@H]1C=C[C@@H](OCP(=O)(O)O)CC1. The van der Waals surface area contributed by atoms with Crippen molar-refractivity contribution in [3.05, 3.63) is 24.8 Å². The molecule has 1 aliphatic rings. The Morgan fingerprint density at radius 2 is 2.14 bits per heavy atom. The summed E-state index contributed by atoms with van der Waals surface area (Å²) in [6.07, 6.45) is 7.34. The van der Waals surface area contributed by atoms with Gasteiger partial charge in [-0.05, 0) is 12.8 Å². The molecule has 9 nitrogen and oxygen atoms in total. The highest BCUT2D eigenvalue weighted by Gasteiger charge is 2.22. The topological polar surface area (TPSA) is 136 Å². The maximum Gasteiger partial charge on any atom is 0.351 e. The third-order valence-electron chi connectivity index (χ3n) is 3.50. The molecule has 0 saturated carbocycles. The number of imidazole rings is 1. The molecule has 118 valence electrons. The van der Waals surface area contributed by atoms with Crippen LogP contribution in [0.4, 0.5) is 5.82 Å². The Morgan fingerprint density at radius 3 is 2.82 bits per heavy atom. The van der Waals surface area contributed by atoms with E-state index in [0.717, 1.165) is 6.42 Å². The predicted octanol–water partition coefficient (Wildman–Crippen LogP) is 0.820. The van der Waals surface area contributed by atoms with E-state index in [1.165, 1.54) is 6.33 Å². The maximum absolute atomic E-state index is 10.8. The normalized spacial score (nSPS) is 22.3. The molecule has 2 aromatic rings. The number of nitrogens with two attached hydrogens (primary N) is 1. The molecule has 0 spiro atoms. The molecule has 4 N–H and O–H groups in total. The molecule has 2 heterocycles. The van der Waals surface area contributed by atoms with Crippen LogP contribution in [0.15, 0.2) is 24.8 Å². The second kappa shape index (κ2) is 5.77. The fourth-order valence-electron chi connectivity index (χ4n) is 2.46. The average molecular weight is 325 g/mol. The lowest BCUT2D eigenvalue weighted by Crippen LogP contribution is -2.19. The van der Waals surface area contributed by atoms with E-state index in [0.29, 0.717) is 23.4 Å². The summed E-state index contributed by atoms with van der Waals surface area (Å²) in [5, 5.41) is 0. The summed E-state index contributed by atoms with van der Waals surface area (Å²) >= 11 is 0. The summed E-state index contributed by atoms with van der Waals surface area (Å²) in [5.74, 6) is 0.339. The lowest BCUT2D eigenvalue weighted by atomic mass is 10.0. The van der Waals surface area contributed by atoms with Crippen molar-refractivity contribution in [3.8, 4) is 0 Å². The van der Waals surface area contributed by atoms with Crippen LogP contribution in [0, 0.1) is 0 Å². The van der Waals surface area contributed by atoms with Gasteiger partial charge in [-0.3, -0.25) is 4.57 Å². The fourth-order valence-corrected chi connectivity index (χ4v) is 2.84. The van der Waals surface area contributed by atoms with Gasteiger partial charge in [0.2, 0.25) is 0 Å². The van der Waals surface area contributed by atoms with E-state index in [1.54, 1.807) is 12.4 Å². The molecule has 0 fully saturated rings. The number of rotatable bonds is 4. The van der Waals surface area contributed by atoms with Crippen molar-refractivity contribution >= 4 is 24.6 Å². The van der Waals surface area contributed by atoms with Gasteiger partial charge in [-0.2, -0.15) is 0 Å². The number of aromatic nitrogens is 4. The summed E-state index contributed by atoms with van der Waals surface area (Å²) in [4.78, 5) is 30.0. The Kier molecular flexibility index (Phi) is 3.96. The van der Waals surface area contributed by atoms with Crippen molar-refractivity contribution < 1.29 is 19.1 Å². The number of fused-ring (bicyclic) bond motifs is 1. The van der Waals surface area contributed by atoms with Crippen molar-refractivity contribution in [2.75, 3.05) is 12.1 Å². The van der Waals surface area contributed by atoms with Gasteiger partial charge in [0.05, 0.1) is 18.5 Å². The molecule has 0 amide bonds. The van der Waals surface area contributed by atoms with Gasteiger partial charge in [0.25, 0.3) is 0 Å².